The van der Waals surface area contributed by atoms with Crippen LogP contribution in [0.1, 0.15) is 11.4 Å². The highest BCUT2D eigenvalue weighted by molar-refractivity contribution is 8.00. The van der Waals surface area contributed by atoms with Gasteiger partial charge in [0, 0.05) is 22.4 Å². The van der Waals surface area contributed by atoms with E-state index in [1.54, 1.807) is 23.0 Å². The zero-order valence-corrected chi connectivity index (χ0v) is 22.1. The highest BCUT2D eigenvalue weighted by atomic mass is 32.2. The van der Waals surface area contributed by atoms with Gasteiger partial charge in [0.25, 0.3) is 11.8 Å². The second-order valence-electron chi connectivity index (χ2n) is 8.67. The SMILES string of the molecule is Nc1nc(/C(=N/OCC(=O)O)C(=O)N[C@@H]2C(=O)N3C(C(=O)O)=C(C[n+]4ccn5c(CO)ccc5c4)CS[C@@H]23)cs1. The van der Waals surface area contributed by atoms with Crippen molar-refractivity contribution in [3.8, 4) is 0 Å². The molecule has 0 aliphatic carbocycles. The Bertz CT molecular complexity index is 1600. The van der Waals surface area contributed by atoms with Gasteiger partial charge in [0.1, 0.15) is 28.3 Å². The third-order valence-electron chi connectivity index (χ3n) is 6.13. The number of fused-ring (bicyclic) bond motifs is 2. The third kappa shape index (κ3) is 5.08. The lowest BCUT2D eigenvalue weighted by Gasteiger charge is -2.49. The average molecular weight is 589 g/mol. The summed E-state index contributed by atoms with van der Waals surface area (Å²) in [5.41, 5.74) is 7.17. The van der Waals surface area contributed by atoms with Crippen molar-refractivity contribution in [3.05, 3.63) is 58.8 Å². The zero-order chi connectivity index (χ0) is 28.6. The standard InChI is InChI=1S/C23H21N7O8S2/c24-23-25-14(10-40-23)16(27-38-8-15(32)33)19(34)26-17-20(35)30-18(22(36)37)11(9-39-21(17)30)5-28-3-4-29-12(6-28)1-2-13(29)7-31/h1-4,6,10,17,21,31H,5,7-9H2,(H4-,24,25,26,32,33,34,36,37)/p+1/b27-16-/t17-,21+/m1/s1. The molecule has 17 heteroatoms. The molecule has 1 saturated heterocycles. The number of anilines is 1. The van der Waals surface area contributed by atoms with E-state index < -0.39 is 41.8 Å². The summed E-state index contributed by atoms with van der Waals surface area (Å²) in [6.07, 6.45) is 5.31. The number of nitrogens with one attached hydrogen (secondary N) is 1. The molecule has 6 N–H and O–H groups in total. The largest absolute Gasteiger partial charge is 0.479 e. The van der Waals surface area contributed by atoms with Crippen LogP contribution >= 0.6 is 23.1 Å². The Hall–Kier alpha value is -4.48. The van der Waals surface area contributed by atoms with E-state index in [0.29, 0.717) is 11.3 Å². The van der Waals surface area contributed by atoms with Crippen molar-refractivity contribution in [3.63, 3.8) is 0 Å². The van der Waals surface area contributed by atoms with Gasteiger partial charge >= 0.3 is 11.9 Å². The van der Waals surface area contributed by atoms with E-state index in [1.807, 2.05) is 16.7 Å². The molecule has 2 aliphatic heterocycles. The first-order valence-corrected chi connectivity index (χ1v) is 13.5. The van der Waals surface area contributed by atoms with Crippen LogP contribution in [-0.4, -0.2) is 82.8 Å². The van der Waals surface area contributed by atoms with E-state index in [2.05, 4.69) is 15.5 Å². The molecule has 0 bridgehead atoms. The van der Waals surface area contributed by atoms with Gasteiger partial charge in [0.15, 0.2) is 29.8 Å². The number of carbonyl (C=O) groups excluding carboxylic acids is 2. The first-order chi connectivity index (χ1) is 19.2. The highest BCUT2D eigenvalue weighted by Gasteiger charge is 2.54. The Labute approximate surface area is 233 Å². The van der Waals surface area contributed by atoms with E-state index in [4.69, 9.17) is 15.7 Å². The van der Waals surface area contributed by atoms with Crippen LogP contribution in [0.3, 0.4) is 0 Å². The number of amides is 2. The topological polar surface area (TPSA) is 213 Å². The lowest BCUT2D eigenvalue weighted by Crippen LogP contribution is -2.71. The molecule has 0 spiro atoms. The van der Waals surface area contributed by atoms with Crippen molar-refractivity contribution in [2.24, 2.45) is 5.16 Å². The van der Waals surface area contributed by atoms with Crippen molar-refractivity contribution in [2.75, 3.05) is 18.1 Å². The molecule has 3 aromatic rings. The summed E-state index contributed by atoms with van der Waals surface area (Å²) < 4.78 is 3.60. The molecule has 0 unspecified atom stereocenters. The zero-order valence-electron chi connectivity index (χ0n) is 20.5. The fourth-order valence-corrected chi connectivity index (χ4v) is 6.26. The van der Waals surface area contributed by atoms with Crippen molar-refractivity contribution in [1.29, 1.82) is 0 Å². The van der Waals surface area contributed by atoms with Crippen LogP contribution in [0.15, 0.2) is 52.5 Å². The number of aromatic nitrogens is 3. The fraction of sp³-hybridized carbons (Fsp3) is 0.261. The van der Waals surface area contributed by atoms with Crippen molar-refractivity contribution in [2.45, 2.75) is 24.6 Å². The summed E-state index contributed by atoms with van der Waals surface area (Å²) in [5, 5.41) is 35.2. The second kappa shape index (κ2) is 10.9. The quantitative estimate of drug-likeness (QED) is 0.0838. The third-order valence-corrected chi connectivity index (χ3v) is 8.15. The summed E-state index contributed by atoms with van der Waals surface area (Å²) in [6, 6.07) is 2.56. The Kier molecular flexibility index (Phi) is 7.42. The molecule has 2 aliphatic rings. The molecule has 15 nitrogen and oxygen atoms in total. The molecule has 208 valence electrons. The Morgan fingerprint density at radius 3 is 2.77 bits per heavy atom. The molecule has 0 radical (unpaired) electrons. The predicted molar refractivity (Wildman–Crippen MR) is 140 cm³/mol. The minimum Gasteiger partial charge on any atom is -0.479 e. The number of thioether (sulfide) groups is 1. The summed E-state index contributed by atoms with van der Waals surface area (Å²) in [7, 11) is 0. The minimum atomic E-state index is -1.31. The van der Waals surface area contributed by atoms with E-state index in [1.165, 1.54) is 17.1 Å². The number of rotatable bonds is 10. The number of aliphatic hydroxyl groups excluding tert-OH is 1. The van der Waals surface area contributed by atoms with Crippen molar-refractivity contribution in [1.82, 2.24) is 19.6 Å². The number of nitrogens with two attached hydrogens (primary N) is 1. The molecule has 0 saturated carbocycles. The van der Waals surface area contributed by atoms with Crippen LogP contribution in [0.25, 0.3) is 5.52 Å². The van der Waals surface area contributed by atoms with Crippen LogP contribution < -0.4 is 15.6 Å². The lowest BCUT2D eigenvalue weighted by molar-refractivity contribution is -0.688. The van der Waals surface area contributed by atoms with Gasteiger partial charge in [-0.15, -0.1) is 23.1 Å². The number of nitrogens with zero attached hydrogens (tertiary/aromatic N) is 5. The smallest absolute Gasteiger partial charge is 0.352 e. The van der Waals surface area contributed by atoms with Crippen LogP contribution in [0.5, 0.6) is 0 Å². The second-order valence-corrected chi connectivity index (χ2v) is 10.7. The number of hydrogen-bond donors (Lipinski definition) is 5. The number of carboxylic acids is 2. The Balaban J connectivity index is 1.34. The summed E-state index contributed by atoms with van der Waals surface area (Å²) in [4.78, 5) is 59.0. The summed E-state index contributed by atoms with van der Waals surface area (Å²) in [5.74, 6) is -3.78. The minimum absolute atomic E-state index is 0.0295. The van der Waals surface area contributed by atoms with Gasteiger partial charge < -0.3 is 35.6 Å². The number of oxime groups is 1. The Morgan fingerprint density at radius 1 is 1.30 bits per heavy atom. The monoisotopic (exact) mass is 588 g/mol. The highest BCUT2D eigenvalue weighted by Crippen LogP contribution is 2.40. The number of aliphatic carboxylic acids is 2. The predicted octanol–water partition coefficient (Wildman–Crippen LogP) is -0.998. The van der Waals surface area contributed by atoms with Crippen LogP contribution in [0, 0.1) is 0 Å². The van der Waals surface area contributed by atoms with Crippen LogP contribution in [0.2, 0.25) is 0 Å². The van der Waals surface area contributed by atoms with E-state index in [0.717, 1.165) is 21.8 Å². The fourth-order valence-electron chi connectivity index (χ4n) is 4.38. The van der Waals surface area contributed by atoms with Crippen molar-refractivity contribution < 1.29 is 43.9 Å². The van der Waals surface area contributed by atoms with Crippen LogP contribution in [-0.2, 0) is 37.2 Å². The van der Waals surface area contributed by atoms with E-state index in [-0.39, 0.29) is 41.1 Å². The molecule has 40 heavy (non-hydrogen) atoms. The van der Waals surface area contributed by atoms with Gasteiger partial charge in [-0.1, -0.05) is 5.16 Å². The maximum atomic E-state index is 13.1. The molecule has 1 fully saturated rings. The van der Waals surface area contributed by atoms with Crippen LogP contribution in [0.4, 0.5) is 5.13 Å². The van der Waals surface area contributed by atoms with Gasteiger partial charge in [0.2, 0.25) is 6.61 Å². The number of nitrogen functional groups attached to an aromatic ring is 1. The average Bonchev–Trinajstić information content (AvgIpc) is 3.54. The molecule has 3 aromatic heterocycles. The number of thiazole rings is 1. The van der Waals surface area contributed by atoms with Crippen molar-refractivity contribution >= 4 is 63.2 Å². The maximum Gasteiger partial charge on any atom is 0.352 e. The normalized spacial score (nSPS) is 18.9. The van der Waals surface area contributed by atoms with E-state index >= 15 is 0 Å². The maximum absolute atomic E-state index is 13.1. The molecular formula is C23H22N7O8S2+. The molecule has 0 aromatic carbocycles. The van der Waals surface area contributed by atoms with Gasteiger partial charge in [-0.3, -0.25) is 14.5 Å². The number of aliphatic hydroxyl groups is 1. The molecule has 2 atom stereocenters. The van der Waals surface area contributed by atoms with Gasteiger partial charge in [0.05, 0.1) is 12.8 Å². The first-order valence-electron chi connectivity index (χ1n) is 11.6. The number of carboxylic acid groups (broad SMARTS) is 2. The van der Waals surface area contributed by atoms with Gasteiger partial charge in [-0.05, 0) is 12.1 Å². The van der Waals surface area contributed by atoms with Gasteiger partial charge in [-0.2, -0.15) is 4.57 Å². The molecule has 5 heterocycles. The number of hydrogen-bond acceptors (Lipinski definition) is 11. The van der Waals surface area contributed by atoms with Gasteiger partial charge in [-0.25, -0.2) is 14.6 Å². The molecular weight excluding hydrogens is 566 g/mol. The Morgan fingerprint density at radius 2 is 2.10 bits per heavy atom. The summed E-state index contributed by atoms with van der Waals surface area (Å²) in [6.45, 7) is -0.722. The molecule has 5 rings (SSSR count). The lowest BCUT2D eigenvalue weighted by atomic mass is 10.0. The number of carbonyl (C=O) groups is 4. The van der Waals surface area contributed by atoms with E-state index in [9.17, 15) is 29.4 Å². The number of β-lactam (4-membered cyclic amide) rings is 1. The first kappa shape index (κ1) is 27.1. The summed E-state index contributed by atoms with van der Waals surface area (Å²) >= 11 is 2.32. The molecule has 2 amide bonds.